The summed E-state index contributed by atoms with van der Waals surface area (Å²) in [4.78, 5) is 60.2. The lowest BCUT2D eigenvalue weighted by molar-refractivity contribution is -0.144. The number of alkyl halides is 3. The molecular formula is C52H63F3N8O9S. The summed E-state index contributed by atoms with van der Waals surface area (Å²) in [5, 5.41) is 25.2. The van der Waals surface area contributed by atoms with Crippen LogP contribution < -0.4 is 16.0 Å². The number of benzene rings is 3. The van der Waals surface area contributed by atoms with Crippen LogP contribution in [0.5, 0.6) is 0 Å². The summed E-state index contributed by atoms with van der Waals surface area (Å²) in [5.41, 5.74) is 5.45. The molecule has 21 heteroatoms. The molecule has 1 aliphatic heterocycles. The number of aliphatic hydroxyl groups is 1. The van der Waals surface area contributed by atoms with Crippen LogP contribution in [0, 0.1) is 12.3 Å². The Hall–Kier alpha value is -6.23. The molecule has 3 aromatic heterocycles. The Bertz CT molecular complexity index is 2820. The number of carbonyl (C=O) groups excluding carboxylic acids is 4. The van der Waals surface area contributed by atoms with E-state index in [-0.39, 0.29) is 56.8 Å². The Kier molecular flexibility index (Phi) is 18.4. The van der Waals surface area contributed by atoms with Crippen molar-refractivity contribution in [2.75, 3.05) is 65.9 Å². The number of halogens is 3. The molecule has 0 spiro atoms. The fraction of sp³-hybridized carbons (Fsp3) is 0.462. The number of thiazole rings is 1. The fourth-order valence-corrected chi connectivity index (χ4v) is 9.36. The highest BCUT2D eigenvalue weighted by atomic mass is 32.1. The zero-order chi connectivity index (χ0) is 52.3. The van der Waals surface area contributed by atoms with E-state index in [0.717, 1.165) is 44.6 Å². The normalized spacial score (nSPS) is 15.5. The Morgan fingerprint density at radius 1 is 0.849 bits per heavy atom. The first-order valence-corrected chi connectivity index (χ1v) is 25.1. The molecule has 3 atom stereocenters. The van der Waals surface area contributed by atoms with E-state index < -0.39 is 41.2 Å². The van der Waals surface area contributed by atoms with Crippen molar-refractivity contribution in [3.63, 3.8) is 0 Å². The first-order chi connectivity index (χ1) is 34.9. The summed E-state index contributed by atoms with van der Waals surface area (Å²) in [6.07, 6.45) is -2.88. The molecule has 6 aromatic rings. The second-order valence-corrected chi connectivity index (χ2v) is 19.8. The van der Waals surface area contributed by atoms with E-state index in [1.165, 1.54) is 17.0 Å². The van der Waals surface area contributed by atoms with Gasteiger partial charge in [0.25, 0.3) is 5.91 Å². The van der Waals surface area contributed by atoms with Crippen LogP contribution in [0.2, 0.25) is 0 Å². The summed E-state index contributed by atoms with van der Waals surface area (Å²) in [5.74, 6) is -1.42. The van der Waals surface area contributed by atoms with Crippen molar-refractivity contribution < 1.29 is 56.4 Å². The first kappa shape index (κ1) is 54.5. The largest absolute Gasteiger partial charge is 0.416 e. The molecule has 0 bridgehead atoms. The number of aliphatic hydroxyl groups excluding tert-OH is 1. The monoisotopic (exact) mass is 1030 g/mol. The molecule has 0 aliphatic carbocycles. The molecule has 392 valence electrons. The number of aromatic nitrogens is 4. The van der Waals surface area contributed by atoms with Gasteiger partial charge in [-0.1, -0.05) is 45.0 Å². The Labute approximate surface area is 425 Å². The van der Waals surface area contributed by atoms with Crippen LogP contribution in [0.15, 0.2) is 78.4 Å². The van der Waals surface area contributed by atoms with Gasteiger partial charge >= 0.3 is 6.18 Å². The average molecular weight is 1030 g/mol. The fourth-order valence-electron chi connectivity index (χ4n) is 8.54. The molecule has 3 aromatic carbocycles. The van der Waals surface area contributed by atoms with Gasteiger partial charge in [-0.15, -0.1) is 11.3 Å². The number of aryl methyl sites for hydroxylation is 2. The molecule has 0 radical (unpaired) electrons. The van der Waals surface area contributed by atoms with E-state index in [1.54, 1.807) is 57.5 Å². The smallest absolute Gasteiger partial charge is 0.391 e. The van der Waals surface area contributed by atoms with Crippen molar-refractivity contribution in [2.24, 2.45) is 12.5 Å². The number of nitrogens with one attached hydrogen (secondary N) is 3. The van der Waals surface area contributed by atoms with Crippen LogP contribution >= 0.6 is 11.3 Å². The molecule has 4 heterocycles. The van der Waals surface area contributed by atoms with Gasteiger partial charge in [-0.25, -0.2) is 4.98 Å². The standard InChI is InChI=1S/C52H63F3N8O9S/c1-33-45(73-32-58-33)35-10-8-34(9-11-35)29-57-49(67)43-28-39(64)30-62(43)50(68)46(51(2,3)4)59-44(65)7-6-19-69-21-23-71-25-26-72-24-22-70-20-18-56-48(66)36-12-17-42-40(27-36)41-31-61(5)60-47(41)63(42)38-15-13-37(14-16-38)52(53,54)55/h8-17,27,31-32,39,43,46,64H,6-7,18-26,28-30H2,1-5H3,(H,56,66)(H,57,67)(H,59,65)/t39?,43?,46-/m1/s1. The van der Waals surface area contributed by atoms with E-state index in [1.807, 2.05) is 52.0 Å². The minimum absolute atomic E-state index is 0.0123. The average Bonchev–Trinajstić information content (AvgIpc) is 4.14. The third-order valence-corrected chi connectivity index (χ3v) is 13.3. The van der Waals surface area contributed by atoms with Crippen LogP contribution in [-0.4, -0.2) is 137 Å². The Balaban J connectivity index is 0.723. The van der Waals surface area contributed by atoms with Gasteiger partial charge in [0, 0.05) is 74.4 Å². The molecular weight excluding hydrogens is 970 g/mol. The molecule has 1 fully saturated rings. The summed E-state index contributed by atoms with van der Waals surface area (Å²) >= 11 is 1.57. The quantitative estimate of drug-likeness (QED) is 0.0493. The Morgan fingerprint density at radius 2 is 1.51 bits per heavy atom. The maximum atomic E-state index is 13.9. The van der Waals surface area contributed by atoms with Crippen molar-refractivity contribution in [1.29, 1.82) is 0 Å². The zero-order valence-electron chi connectivity index (χ0n) is 41.6. The predicted octanol–water partition coefficient (Wildman–Crippen LogP) is 6.35. The highest BCUT2D eigenvalue weighted by molar-refractivity contribution is 7.13. The molecule has 7 rings (SSSR count). The van der Waals surface area contributed by atoms with Gasteiger partial charge in [-0.3, -0.25) is 28.4 Å². The third kappa shape index (κ3) is 14.3. The van der Waals surface area contributed by atoms with Gasteiger partial charge in [-0.2, -0.15) is 18.3 Å². The lowest BCUT2D eigenvalue weighted by Gasteiger charge is -2.35. The highest BCUT2D eigenvalue weighted by Gasteiger charge is 2.44. The number of nitrogens with zero attached hydrogens (tertiary/aromatic N) is 5. The number of hydrogen-bond acceptors (Lipinski definition) is 12. The maximum Gasteiger partial charge on any atom is 0.416 e. The van der Waals surface area contributed by atoms with Crippen LogP contribution in [0.4, 0.5) is 13.2 Å². The van der Waals surface area contributed by atoms with Crippen LogP contribution in [0.25, 0.3) is 38.1 Å². The van der Waals surface area contributed by atoms with Crippen molar-refractivity contribution in [3.8, 4) is 16.1 Å². The van der Waals surface area contributed by atoms with Gasteiger partial charge in [-0.05, 0) is 72.4 Å². The molecule has 17 nitrogen and oxygen atoms in total. The molecule has 1 aliphatic rings. The van der Waals surface area contributed by atoms with E-state index >= 15 is 0 Å². The first-order valence-electron chi connectivity index (χ1n) is 24.2. The SMILES string of the molecule is Cc1ncsc1-c1ccc(CNC(=O)C2CC(O)CN2C(=O)[C@@H](NC(=O)CCCOCCOCCOCCOCCNC(=O)c2ccc3c(c2)c2cn(C)nc2n3-c2ccc(C(F)(F)F)cc2)C(C)(C)C)cc1. The number of rotatable bonds is 24. The minimum Gasteiger partial charge on any atom is -0.391 e. The van der Waals surface area contributed by atoms with Crippen molar-refractivity contribution in [3.05, 3.63) is 101 Å². The van der Waals surface area contributed by atoms with Crippen LogP contribution in [-0.2, 0) is 53.1 Å². The topological polar surface area (TPSA) is 200 Å². The molecule has 73 heavy (non-hydrogen) atoms. The number of likely N-dealkylation sites (tertiary alicyclic amines) is 1. The molecule has 1 saturated heterocycles. The second kappa shape index (κ2) is 24.7. The number of ether oxygens (including phenoxy) is 4. The Morgan fingerprint density at radius 3 is 2.14 bits per heavy atom. The van der Waals surface area contributed by atoms with E-state index in [0.29, 0.717) is 75.1 Å². The molecule has 0 saturated carbocycles. The van der Waals surface area contributed by atoms with Crippen molar-refractivity contribution in [1.82, 2.24) is 40.2 Å². The summed E-state index contributed by atoms with van der Waals surface area (Å²) in [7, 11) is 1.75. The van der Waals surface area contributed by atoms with Crippen LogP contribution in [0.1, 0.15) is 67.2 Å². The minimum atomic E-state index is -4.45. The molecule has 4 amide bonds. The number of β-amino-alcohol motifs (C(OH)–C–C–N with tert-alkyl or cyclic N) is 1. The summed E-state index contributed by atoms with van der Waals surface area (Å²) in [6, 6.07) is 16.1. The van der Waals surface area contributed by atoms with Gasteiger partial charge in [0.2, 0.25) is 17.7 Å². The van der Waals surface area contributed by atoms with Gasteiger partial charge in [0.1, 0.15) is 12.1 Å². The molecule has 2 unspecified atom stereocenters. The predicted molar refractivity (Wildman–Crippen MR) is 269 cm³/mol. The van der Waals surface area contributed by atoms with E-state index in [2.05, 4.69) is 26.0 Å². The number of fused-ring (bicyclic) bond motifs is 3. The highest BCUT2D eigenvalue weighted by Crippen LogP contribution is 2.35. The van der Waals surface area contributed by atoms with Gasteiger partial charge in [0.15, 0.2) is 5.65 Å². The van der Waals surface area contributed by atoms with Gasteiger partial charge < -0.3 is 44.9 Å². The van der Waals surface area contributed by atoms with E-state index in [9.17, 15) is 37.5 Å². The molecule has 4 N–H and O–H groups in total. The van der Waals surface area contributed by atoms with Crippen molar-refractivity contribution in [2.45, 2.75) is 77.9 Å². The van der Waals surface area contributed by atoms with Crippen LogP contribution in [0.3, 0.4) is 0 Å². The van der Waals surface area contributed by atoms with Gasteiger partial charge in [0.05, 0.1) is 79.5 Å². The summed E-state index contributed by atoms with van der Waals surface area (Å²) in [6.45, 7) is 10.5. The second-order valence-electron chi connectivity index (χ2n) is 18.9. The number of hydrogen-bond donors (Lipinski definition) is 4. The maximum absolute atomic E-state index is 13.9. The third-order valence-electron chi connectivity index (χ3n) is 12.3. The van der Waals surface area contributed by atoms with Crippen molar-refractivity contribution >= 4 is 56.9 Å². The summed E-state index contributed by atoms with van der Waals surface area (Å²) < 4.78 is 65.4. The number of carbonyl (C=O) groups is 4. The zero-order valence-corrected chi connectivity index (χ0v) is 42.4. The number of amides is 4. The van der Waals surface area contributed by atoms with E-state index in [4.69, 9.17) is 18.9 Å². The lowest BCUT2D eigenvalue weighted by atomic mass is 9.85. The lowest BCUT2D eigenvalue weighted by Crippen LogP contribution is -2.57.